The molecule has 0 aliphatic carbocycles. The predicted octanol–water partition coefficient (Wildman–Crippen LogP) is 4.38. The Bertz CT molecular complexity index is 581. The van der Waals surface area contributed by atoms with Gasteiger partial charge in [0.1, 0.15) is 5.75 Å². The molecule has 21 heavy (non-hydrogen) atoms. The molecule has 2 aromatic carbocycles. The van der Waals surface area contributed by atoms with Crippen molar-refractivity contribution in [1.82, 2.24) is 5.32 Å². The Kier molecular flexibility index (Phi) is 5.92. The summed E-state index contributed by atoms with van der Waals surface area (Å²) >= 11 is 12.5. The van der Waals surface area contributed by atoms with Gasteiger partial charge in [-0.2, -0.15) is 0 Å². The monoisotopic (exact) mass is 323 g/mol. The first kappa shape index (κ1) is 16.2. The van der Waals surface area contributed by atoms with Gasteiger partial charge < -0.3 is 10.1 Å². The molecule has 0 saturated heterocycles. The van der Waals surface area contributed by atoms with Crippen molar-refractivity contribution in [2.24, 2.45) is 0 Å². The highest BCUT2D eigenvalue weighted by Crippen LogP contribution is 2.27. The second kappa shape index (κ2) is 7.69. The summed E-state index contributed by atoms with van der Waals surface area (Å²) in [6.07, 6.45) is 1.62. The van der Waals surface area contributed by atoms with Gasteiger partial charge in [-0.15, -0.1) is 0 Å². The second-order valence-electron chi connectivity index (χ2n) is 4.91. The first-order valence-electron chi connectivity index (χ1n) is 6.87. The summed E-state index contributed by atoms with van der Waals surface area (Å²) < 4.78 is 5.41. The number of ether oxygens (including phenoxy) is 1. The Hall–Kier alpha value is -1.22. The normalized spacial score (nSPS) is 12.2. The molecular weight excluding hydrogens is 305 g/mol. The molecule has 0 aliphatic rings. The van der Waals surface area contributed by atoms with E-state index in [0.29, 0.717) is 10.0 Å². The van der Waals surface area contributed by atoms with E-state index in [0.717, 1.165) is 24.2 Å². The van der Waals surface area contributed by atoms with E-state index in [4.69, 9.17) is 27.9 Å². The van der Waals surface area contributed by atoms with Crippen LogP contribution >= 0.6 is 23.2 Å². The van der Waals surface area contributed by atoms with Crippen LogP contribution in [-0.2, 0) is 12.8 Å². The van der Waals surface area contributed by atoms with Crippen molar-refractivity contribution in [3.8, 4) is 5.75 Å². The van der Waals surface area contributed by atoms with Gasteiger partial charge >= 0.3 is 0 Å². The molecule has 112 valence electrons. The molecule has 0 bridgehead atoms. The molecular formula is C17H19Cl2NO. The second-order valence-corrected chi connectivity index (χ2v) is 5.72. The van der Waals surface area contributed by atoms with Crippen LogP contribution in [-0.4, -0.2) is 20.2 Å². The number of rotatable bonds is 6. The Labute approximate surface area is 136 Å². The number of benzene rings is 2. The van der Waals surface area contributed by atoms with E-state index in [1.54, 1.807) is 7.11 Å². The van der Waals surface area contributed by atoms with E-state index >= 15 is 0 Å². The minimum Gasteiger partial charge on any atom is -0.496 e. The molecule has 1 unspecified atom stereocenters. The van der Waals surface area contributed by atoms with Crippen molar-refractivity contribution >= 4 is 23.2 Å². The third-order valence-corrected chi connectivity index (χ3v) is 4.29. The van der Waals surface area contributed by atoms with Crippen molar-refractivity contribution in [2.45, 2.75) is 18.9 Å². The van der Waals surface area contributed by atoms with Gasteiger partial charge in [0, 0.05) is 16.1 Å². The summed E-state index contributed by atoms with van der Waals surface area (Å²) in [5.74, 6) is 0.906. The Morgan fingerprint density at radius 2 is 1.67 bits per heavy atom. The third kappa shape index (κ3) is 4.13. The van der Waals surface area contributed by atoms with Crippen LogP contribution in [0.1, 0.15) is 11.1 Å². The largest absolute Gasteiger partial charge is 0.496 e. The fourth-order valence-corrected chi connectivity index (χ4v) is 2.94. The fourth-order valence-electron chi connectivity index (χ4n) is 2.39. The van der Waals surface area contributed by atoms with E-state index in [1.807, 2.05) is 43.4 Å². The Morgan fingerprint density at radius 3 is 2.29 bits per heavy atom. The number of para-hydroxylation sites is 1. The number of hydrogen-bond donors (Lipinski definition) is 1. The summed E-state index contributed by atoms with van der Waals surface area (Å²) in [4.78, 5) is 0. The zero-order valence-corrected chi connectivity index (χ0v) is 13.7. The lowest BCUT2D eigenvalue weighted by atomic mass is 9.98. The molecule has 0 aromatic heterocycles. The van der Waals surface area contributed by atoms with Gasteiger partial charge in [0.15, 0.2) is 0 Å². The lowest BCUT2D eigenvalue weighted by Crippen LogP contribution is -2.30. The molecule has 0 heterocycles. The molecule has 0 amide bonds. The Balaban J connectivity index is 2.17. The van der Waals surface area contributed by atoms with Crippen molar-refractivity contribution in [3.05, 3.63) is 63.6 Å². The summed E-state index contributed by atoms with van der Waals surface area (Å²) in [5, 5.41) is 4.75. The van der Waals surface area contributed by atoms with Crippen LogP contribution in [0.4, 0.5) is 0 Å². The average molecular weight is 324 g/mol. The van der Waals surface area contributed by atoms with Crippen molar-refractivity contribution in [2.75, 3.05) is 14.2 Å². The first-order chi connectivity index (χ1) is 10.2. The van der Waals surface area contributed by atoms with Crippen LogP contribution in [0.2, 0.25) is 10.0 Å². The number of likely N-dealkylation sites (N-methyl/N-ethyl adjacent to an activating group) is 1. The summed E-state index contributed by atoms with van der Waals surface area (Å²) in [7, 11) is 3.64. The maximum absolute atomic E-state index is 6.26. The van der Waals surface area contributed by atoms with Gasteiger partial charge in [-0.3, -0.25) is 0 Å². The topological polar surface area (TPSA) is 21.3 Å². The quantitative estimate of drug-likeness (QED) is 0.852. The smallest absolute Gasteiger partial charge is 0.122 e. The van der Waals surface area contributed by atoms with E-state index in [9.17, 15) is 0 Å². The van der Waals surface area contributed by atoms with Gasteiger partial charge in [-0.1, -0.05) is 47.5 Å². The van der Waals surface area contributed by atoms with Gasteiger partial charge in [0.2, 0.25) is 0 Å². The SMILES string of the molecule is CNC(Cc1ccccc1OC)Cc1c(Cl)cccc1Cl. The fraction of sp³-hybridized carbons (Fsp3) is 0.294. The summed E-state index contributed by atoms with van der Waals surface area (Å²) in [6.45, 7) is 0. The zero-order chi connectivity index (χ0) is 15.2. The van der Waals surface area contributed by atoms with Gasteiger partial charge in [-0.25, -0.2) is 0 Å². The van der Waals surface area contributed by atoms with Crippen LogP contribution in [0.3, 0.4) is 0 Å². The first-order valence-corrected chi connectivity index (χ1v) is 7.63. The highest BCUT2D eigenvalue weighted by Gasteiger charge is 2.15. The van der Waals surface area contributed by atoms with Crippen molar-refractivity contribution in [1.29, 1.82) is 0 Å². The molecule has 2 nitrogen and oxygen atoms in total. The summed E-state index contributed by atoms with van der Waals surface area (Å²) in [6, 6.07) is 13.9. The molecule has 4 heteroatoms. The van der Waals surface area contributed by atoms with Gasteiger partial charge in [-0.05, 0) is 49.2 Å². The average Bonchev–Trinajstić information content (AvgIpc) is 2.50. The predicted molar refractivity (Wildman–Crippen MR) is 89.7 cm³/mol. The maximum Gasteiger partial charge on any atom is 0.122 e. The van der Waals surface area contributed by atoms with Crippen LogP contribution in [0, 0.1) is 0 Å². The number of hydrogen-bond acceptors (Lipinski definition) is 2. The highest BCUT2D eigenvalue weighted by molar-refractivity contribution is 6.36. The van der Waals surface area contributed by atoms with Crippen LogP contribution in [0.15, 0.2) is 42.5 Å². The third-order valence-electron chi connectivity index (χ3n) is 3.58. The minimum atomic E-state index is 0.235. The maximum atomic E-state index is 6.26. The Morgan fingerprint density at radius 1 is 1.00 bits per heavy atom. The molecule has 2 aromatic rings. The standard InChI is InChI=1S/C17H19Cl2NO/c1-20-13(10-12-6-3-4-9-17(12)21-2)11-14-15(18)7-5-8-16(14)19/h3-9,13,20H,10-11H2,1-2H3. The minimum absolute atomic E-state index is 0.235. The van der Waals surface area contributed by atoms with Gasteiger partial charge in [0.05, 0.1) is 7.11 Å². The van der Waals surface area contributed by atoms with Crippen LogP contribution in [0.25, 0.3) is 0 Å². The van der Waals surface area contributed by atoms with Crippen molar-refractivity contribution < 1.29 is 4.74 Å². The van der Waals surface area contributed by atoms with E-state index in [-0.39, 0.29) is 6.04 Å². The lowest BCUT2D eigenvalue weighted by molar-refractivity contribution is 0.406. The molecule has 0 aliphatic heterocycles. The number of halogens is 2. The molecule has 0 fully saturated rings. The highest BCUT2D eigenvalue weighted by atomic mass is 35.5. The molecule has 0 radical (unpaired) electrons. The van der Waals surface area contributed by atoms with Crippen LogP contribution in [0.5, 0.6) is 5.75 Å². The van der Waals surface area contributed by atoms with E-state index < -0.39 is 0 Å². The van der Waals surface area contributed by atoms with E-state index in [1.165, 1.54) is 5.56 Å². The zero-order valence-electron chi connectivity index (χ0n) is 12.2. The lowest BCUT2D eigenvalue weighted by Gasteiger charge is -2.19. The number of methoxy groups -OCH3 is 1. The molecule has 0 saturated carbocycles. The van der Waals surface area contributed by atoms with E-state index in [2.05, 4.69) is 11.4 Å². The van der Waals surface area contributed by atoms with Crippen molar-refractivity contribution in [3.63, 3.8) is 0 Å². The molecule has 1 atom stereocenters. The molecule has 1 N–H and O–H groups in total. The van der Waals surface area contributed by atoms with Gasteiger partial charge in [0.25, 0.3) is 0 Å². The molecule has 2 rings (SSSR count). The summed E-state index contributed by atoms with van der Waals surface area (Å²) in [5.41, 5.74) is 2.15. The molecule has 0 spiro atoms. The van der Waals surface area contributed by atoms with Crippen LogP contribution < -0.4 is 10.1 Å². The number of nitrogens with one attached hydrogen (secondary N) is 1.